The summed E-state index contributed by atoms with van der Waals surface area (Å²) in [4.78, 5) is 4.18. The van der Waals surface area contributed by atoms with Crippen molar-refractivity contribution >= 4 is 0 Å². The van der Waals surface area contributed by atoms with E-state index >= 15 is 0 Å². The van der Waals surface area contributed by atoms with Crippen molar-refractivity contribution < 1.29 is 4.74 Å². The van der Waals surface area contributed by atoms with E-state index in [2.05, 4.69) is 22.2 Å². The molecule has 2 aromatic rings. The van der Waals surface area contributed by atoms with Crippen LogP contribution in [-0.2, 0) is 19.6 Å². The first-order chi connectivity index (χ1) is 9.69. The maximum atomic E-state index is 5.76. The third-order valence-corrected chi connectivity index (χ3v) is 3.17. The summed E-state index contributed by atoms with van der Waals surface area (Å²) in [6.45, 7) is 5.30. The van der Waals surface area contributed by atoms with Gasteiger partial charge >= 0.3 is 0 Å². The van der Waals surface area contributed by atoms with Crippen LogP contribution in [-0.4, -0.2) is 20.8 Å². The molecule has 1 heterocycles. The highest BCUT2D eigenvalue weighted by atomic mass is 16.5. The summed E-state index contributed by atoms with van der Waals surface area (Å²) in [6, 6.07) is 8.39. The molecule has 2 rings (SSSR count). The highest BCUT2D eigenvalue weighted by Gasteiger charge is 2.04. The molecule has 0 spiro atoms. The lowest BCUT2D eigenvalue weighted by Gasteiger charge is -2.08. The molecule has 1 unspecified atom stereocenters. The zero-order valence-corrected chi connectivity index (χ0v) is 12.1. The molecule has 0 radical (unpaired) electrons. The van der Waals surface area contributed by atoms with Crippen LogP contribution in [0.5, 0.6) is 5.75 Å². The lowest BCUT2D eigenvalue weighted by molar-refractivity contribution is 0.287. The second-order valence-electron chi connectivity index (χ2n) is 4.94. The first-order valence-electron chi connectivity index (χ1n) is 7.03. The Kier molecular flexibility index (Phi) is 5.12. The first kappa shape index (κ1) is 14.5. The van der Waals surface area contributed by atoms with E-state index in [1.807, 2.05) is 30.7 Å². The lowest BCUT2D eigenvalue weighted by Crippen LogP contribution is -2.15. The normalized spacial score (nSPS) is 12.3. The molecule has 0 aliphatic heterocycles. The maximum absolute atomic E-state index is 5.76. The van der Waals surface area contributed by atoms with Crippen molar-refractivity contribution in [3.63, 3.8) is 0 Å². The SMILES string of the molecule is CCn1ncnc1COc1ccc(CCC(C)N)cc1. The minimum atomic E-state index is 0.242. The van der Waals surface area contributed by atoms with Gasteiger partial charge in [-0.2, -0.15) is 5.10 Å². The second kappa shape index (κ2) is 7.05. The standard InChI is InChI=1S/C15H22N4O/c1-3-19-15(17-11-18-19)10-20-14-8-6-13(7-9-14)5-4-12(2)16/h6-9,11-12H,3-5,10,16H2,1-2H3. The van der Waals surface area contributed by atoms with Crippen molar-refractivity contribution in [3.8, 4) is 5.75 Å². The largest absolute Gasteiger partial charge is 0.486 e. The molecular weight excluding hydrogens is 252 g/mol. The van der Waals surface area contributed by atoms with Gasteiger partial charge in [0.1, 0.15) is 18.7 Å². The quantitative estimate of drug-likeness (QED) is 0.840. The Morgan fingerprint density at radius 2 is 2.05 bits per heavy atom. The van der Waals surface area contributed by atoms with E-state index in [4.69, 9.17) is 10.5 Å². The van der Waals surface area contributed by atoms with Crippen LogP contribution in [0.25, 0.3) is 0 Å². The summed E-state index contributed by atoms with van der Waals surface area (Å²) in [5.41, 5.74) is 7.04. The van der Waals surface area contributed by atoms with Crippen molar-refractivity contribution in [2.75, 3.05) is 0 Å². The molecule has 108 valence electrons. The smallest absolute Gasteiger partial charge is 0.164 e. The molecule has 0 fully saturated rings. The number of nitrogens with zero attached hydrogens (tertiary/aromatic N) is 3. The number of ether oxygens (including phenoxy) is 1. The summed E-state index contributed by atoms with van der Waals surface area (Å²) in [7, 11) is 0. The van der Waals surface area contributed by atoms with Crippen molar-refractivity contribution in [2.45, 2.75) is 45.9 Å². The van der Waals surface area contributed by atoms with E-state index in [0.29, 0.717) is 6.61 Å². The Hall–Kier alpha value is -1.88. The highest BCUT2D eigenvalue weighted by molar-refractivity contribution is 5.27. The van der Waals surface area contributed by atoms with Gasteiger partial charge in [0.15, 0.2) is 5.82 Å². The fourth-order valence-corrected chi connectivity index (χ4v) is 1.96. The number of aromatic nitrogens is 3. The van der Waals surface area contributed by atoms with Gasteiger partial charge < -0.3 is 10.5 Å². The molecule has 1 atom stereocenters. The molecule has 2 N–H and O–H groups in total. The van der Waals surface area contributed by atoms with E-state index in [1.54, 1.807) is 6.33 Å². The van der Waals surface area contributed by atoms with E-state index in [1.165, 1.54) is 5.56 Å². The van der Waals surface area contributed by atoms with Crippen LogP contribution < -0.4 is 10.5 Å². The number of rotatable bonds is 7. The lowest BCUT2D eigenvalue weighted by atomic mass is 10.1. The summed E-state index contributed by atoms with van der Waals surface area (Å²) in [5.74, 6) is 1.69. The third kappa shape index (κ3) is 4.06. The Bertz CT molecular complexity index is 519. The zero-order valence-electron chi connectivity index (χ0n) is 12.1. The van der Waals surface area contributed by atoms with Crippen LogP contribution in [0.15, 0.2) is 30.6 Å². The number of hydrogen-bond acceptors (Lipinski definition) is 4. The van der Waals surface area contributed by atoms with Gasteiger partial charge in [-0.3, -0.25) is 0 Å². The Morgan fingerprint density at radius 3 is 2.70 bits per heavy atom. The van der Waals surface area contributed by atoms with Gasteiger partial charge in [0.05, 0.1) is 0 Å². The molecule has 0 aliphatic carbocycles. The summed E-state index contributed by atoms with van der Waals surface area (Å²) in [6.07, 6.45) is 3.56. The maximum Gasteiger partial charge on any atom is 0.164 e. The monoisotopic (exact) mass is 274 g/mol. The van der Waals surface area contributed by atoms with E-state index in [9.17, 15) is 0 Å². The topological polar surface area (TPSA) is 66.0 Å². The molecular formula is C15H22N4O. The van der Waals surface area contributed by atoms with Crippen LogP contribution in [0.1, 0.15) is 31.7 Å². The van der Waals surface area contributed by atoms with E-state index in [-0.39, 0.29) is 6.04 Å². The summed E-state index contributed by atoms with van der Waals surface area (Å²) in [5, 5.41) is 4.12. The number of nitrogens with two attached hydrogens (primary N) is 1. The van der Waals surface area contributed by atoms with Crippen LogP contribution in [0.4, 0.5) is 0 Å². The molecule has 0 amide bonds. The summed E-state index contributed by atoms with van der Waals surface area (Å²) < 4.78 is 7.56. The molecule has 5 nitrogen and oxygen atoms in total. The van der Waals surface area contributed by atoms with Gasteiger partial charge in [-0.15, -0.1) is 0 Å². The molecule has 0 saturated carbocycles. The van der Waals surface area contributed by atoms with Gasteiger partial charge in [0.25, 0.3) is 0 Å². The molecule has 1 aromatic carbocycles. The molecule has 20 heavy (non-hydrogen) atoms. The Labute approximate surface area is 119 Å². The fraction of sp³-hybridized carbons (Fsp3) is 0.467. The second-order valence-corrected chi connectivity index (χ2v) is 4.94. The fourth-order valence-electron chi connectivity index (χ4n) is 1.96. The van der Waals surface area contributed by atoms with Gasteiger partial charge in [0.2, 0.25) is 0 Å². The van der Waals surface area contributed by atoms with Crippen molar-refractivity contribution in [1.82, 2.24) is 14.8 Å². The number of hydrogen-bond donors (Lipinski definition) is 1. The summed E-state index contributed by atoms with van der Waals surface area (Å²) >= 11 is 0. The highest BCUT2D eigenvalue weighted by Crippen LogP contribution is 2.15. The number of aryl methyl sites for hydroxylation is 2. The van der Waals surface area contributed by atoms with Gasteiger partial charge in [0, 0.05) is 12.6 Å². The van der Waals surface area contributed by atoms with Crippen LogP contribution in [0.2, 0.25) is 0 Å². The van der Waals surface area contributed by atoms with Crippen molar-refractivity contribution in [3.05, 3.63) is 42.0 Å². The Balaban J connectivity index is 1.87. The molecule has 0 bridgehead atoms. The average Bonchev–Trinajstić information content (AvgIpc) is 2.91. The molecule has 0 saturated heterocycles. The van der Waals surface area contributed by atoms with E-state index < -0.39 is 0 Å². The van der Waals surface area contributed by atoms with E-state index in [0.717, 1.165) is 31.0 Å². The van der Waals surface area contributed by atoms with Crippen molar-refractivity contribution in [1.29, 1.82) is 0 Å². The van der Waals surface area contributed by atoms with Crippen LogP contribution in [0, 0.1) is 0 Å². The zero-order chi connectivity index (χ0) is 14.4. The first-order valence-corrected chi connectivity index (χ1v) is 7.03. The Morgan fingerprint density at radius 1 is 1.30 bits per heavy atom. The minimum absolute atomic E-state index is 0.242. The van der Waals surface area contributed by atoms with Crippen LogP contribution >= 0.6 is 0 Å². The predicted molar refractivity (Wildman–Crippen MR) is 78.4 cm³/mol. The average molecular weight is 274 g/mol. The third-order valence-electron chi connectivity index (χ3n) is 3.17. The van der Waals surface area contributed by atoms with Crippen LogP contribution in [0.3, 0.4) is 0 Å². The minimum Gasteiger partial charge on any atom is -0.486 e. The molecule has 0 aliphatic rings. The predicted octanol–water partition coefficient (Wildman–Crippen LogP) is 2.16. The molecule has 1 aromatic heterocycles. The van der Waals surface area contributed by atoms with Gasteiger partial charge in [-0.05, 0) is 44.4 Å². The van der Waals surface area contributed by atoms with Gasteiger partial charge in [-0.25, -0.2) is 9.67 Å². The van der Waals surface area contributed by atoms with Crippen molar-refractivity contribution in [2.24, 2.45) is 5.73 Å². The molecule has 5 heteroatoms. The number of benzene rings is 1. The van der Waals surface area contributed by atoms with Gasteiger partial charge in [-0.1, -0.05) is 12.1 Å².